The number of amides is 2. The minimum Gasteiger partial charge on any atom is -0.343 e. The first-order chi connectivity index (χ1) is 18.5. The summed E-state index contributed by atoms with van der Waals surface area (Å²) in [5.74, 6) is 2.13. The number of piperidine rings is 1. The van der Waals surface area contributed by atoms with Gasteiger partial charge in [-0.1, -0.05) is 25.7 Å². The number of carbonyl (C=O) groups excluding carboxylic acids is 2. The minimum atomic E-state index is -0.0222. The van der Waals surface area contributed by atoms with E-state index >= 15 is 0 Å². The summed E-state index contributed by atoms with van der Waals surface area (Å²) in [6.45, 7) is 2.63. The Morgan fingerprint density at radius 3 is 2.58 bits per heavy atom. The lowest BCUT2D eigenvalue weighted by Gasteiger charge is -2.34. The molecule has 2 N–H and O–H groups in total. The van der Waals surface area contributed by atoms with Crippen molar-refractivity contribution in [3.63, 3.8) is 0 Å². The summed E-state index contributed by atoms with van der Waals surface area (Å²) in [6, 6.07) is 5.95. The van der Waals surface area contributed by atoms with Gasteiger partial charge in [0.15, 0.2) is 0 Å². The standard InChI is InChI=1S/C28H36N8O2/c1-34(2)27(38)23-11-19-15-31-28(33-26(19)36(23)21-7-5-3-4-6-8-21)32-24-10-9-22(16-30-24)35-17-20-14-29-13-18(20)12-25(35)37/h9-11,15-16,18,20-21,29H,3-8,12-14,17H2,1-2H3,(H,30,31,32,33)/t18-,20-/m1/s1. The van der Waals surface area contributed by atoms with Crippen molar-refractivity contribution >= 4 is 40.3 Å². The highest BCUT2D eigenvalue weighted by Crippen LogP contribution is 2.34. The number of pyridine rings is 1. The summed E-state index contributed by atoms with van der Waals surface area (Å²) in [5, 5.41) is 7.49. The van der Waals surface area contributed by atoms with Crippen molar-refractivity contribution in [2.45, 2.75) is 51.0 Å². The van der Waals surface area contributed by atoms with Crippen molar-refractivity contribution in [2.75, 3.05) is 43.9 Å². The van der Waals surface area contributed by atoms with Gasteiger partial charge in [0.25, 0.3) is 5.91 Å². The fourth-order valence-electron chi connectivity index (χ4n) is 6.24. The SMILES string of the molecule is CN(C)C(=O)c1cc2cnc(Nc3ccc(N4C[C@H]5CNC[C@H]5CC4=O)cn3)nc2n1C1CCCCCC1. The molecule has 38 heavy (non-hydrogen) atoms. The molecule has 200 valence electrons. The molecule has 0 aromatic carbocycles. The molecule has 2 amide bonds. The largest absolute Gasteiger partial charge is 0.343 e. The summed E-state index contributed by atoms with van der Waals surface area (Å²) < 4.78 is 2.14. The van der Waals surface area contributed by atoms with Crippen LogP contribution in [0.1, 0.15) is 61.5 Å². The van der Waals surface area contributed by atoms with Crippen LogP contribution in [-0.4, -0.2) is 70.0 Å². The van der Waals surface area contributed by atoms with E-state index in [0.29, 0.717) is 35.7 Å². The summed E-state index contributed by atoms with van der Waals surface area (Å²) in [4.78, 5) is 43.2. The van der Waals surface area contributed by atoms with Gasteiger partial charge >= 0.3 is 0 Å². The monoisotopic (exact) mass is 516 g/mol. The van der Waals surface area contributed by atoms with E-state index in [1.807, 2.05) is 23.1 Å². The Kier molecular flexibility index (Phi) is 6.73. The Morgan fingerprint density at radius 2 is 1.84 bits per heavy atom. The van der Waals surface area contributed by atoms with E-state index in [1.54, 1.807) is 31.4 Å². The van der Waals surface area contributed by atoms with Gasteiger partial charge in [0, 0.05) is 44.7 Å². The Balaban J connectivity index is 1.26. The zero-order chi connectivity index (χ0) is 26.2. The molecule has 2 saturated heterocycles. The van der Waals surface area contributed by atoms with E-state index in [0.717, 1.165) is 62.0 Å². The molecule has 0 unspecified atom stereocenters. The van der Waals surface area contributed by atoms with E-state index in [-0.39, 0.29) is 17.9 Å². The Hall–Kier alpha value is -3.53. The topological polar surface area (TPSA) is 108 Å². The van der Waals surface area contributed by atoms with E-state index in [1.165, 1.54) is 12.8 Å². The molecule has 3 aromatic rings. The molecular formula is C28H36N8O2. The van der Waals surface area contributed by atoms with Crippen LogP contribution in [-0.2, 0) is 4.79 Å². The van der Waals surface area contributed by atoms with E-state index < -0.39 is 0 Å². The summed E-state index contributed by atoms with van der Waals surface area (Å²) in [7, 11) is 3.57. The molecule has 2 atom stereocenters. The van der Waals surface area contributed by atoms with Crippen LogP contribution < -0.4 is 15.5 Å². The smallest absolute Gasteiger partial charge is 0.270 e. The van der Waals surface area contributed by atoms with E-state index in [9.17, 15) is 9.59 Å². The molecule has 3 aromatic heterocycles. The molecule has 2 aliphatic heterocycles. The lowest BCUT2D eigenvalue weighted by molar-refractivity contribution is -0.121. The number of anilines is 3. The number of hydrogen-bond donors (Lipinski definition) is 2. The van der Waals surface area contributed by atoms with Gasteiger partial charge in [-0.3, -0.25) is 9.59 Å². The van der Waals surface area contributed by atoms with E-state index in [2.05, 4.69) is 25.2 Å². The first-order valence-corrected chi connectivity index (χ1v) is 13.8. The third-order valence-electron chi connectivity index (χ3n) is 8.33. The fourth-order valence-corrected chi connectivity index (χ4v) is 6.24. The zero-order valence-electron chi connectivity index (χ0n) is 22.2. The number of nitrogens with one attached hydrogen (secondary N) is 2. The molecule has 5 heterocycles. The maximum absolute atomic E-state index is 13.1. The van der Waals surface area contributed by atoms with Crippen molar-refractivity contribution in [2.24, 2.45) is 11.8 Å². The molecule has 10 nitrogen and oxygen atoms in total. The Bertz CT molecular complexity index is 1330. The third kappa shape index (κ3) is 4.73. The third-order valence-corrected chi connectivity index (χ3v) is 8.33. The quantitative estimate of drug-likeness (QED) is 0.498. The van der Waals surface area contributed by atoms with Crippen LogP contribution in [0.2, 0.25) is 0 Å². The van der Waals surface area contributed by atoms with Gasteiger partial charge in [0.1, 0.15) is 17.2 Å². The number of hydrogen-bond acceptors (Lipinski definition) is 7. The highest BCUT2D eigenvalue weighted by Gasteiger charge is 2.37. The normalized spacial score (nSPS) is 22.4. The van der Waals surface area contributed by atoms with Gasteiger partial charge in [0.05, 0.1) is 11.9 Å². The molecule has 3 aliphatic rings. The number of fused-ring (bicyclic) bond motifs is 2. The van der Waals surface area contributed by atoms with Gasteiger partial charge in [0.2, 0.25) is 11.9 Å². The fraction of sp³-hybridized carbons (Fsp3) is 0.536. The second kappa shape index (κ2) is 10.3. The lowest BCUT2D eigenvalue weighted by Crippen LogP contribution is -2.44. The maximum Gasteiger partial charge on any atom is 0.270 e. The van der Waals surface area contributed by atoms with Crippen LogP contribution >= 0.6 is 0 Å². The summed E-state index contributed by atoms with van der Waals surface area (Å²) >= 11 is 0. The van der Waals surface area contributed by atoms with Crippen LogP contribution in [0.3, 0.4) is 0 Å². The van der Waals surface area contributed by atoms with Crippen molar-refractivity contribution in [1.82, 2.24) is 29.7 Å². The Morgan fingerprint density at radius 1 is 1.05 bits per heavy atom. The van der Waals surface area contributed by atoms with Gasteiger partial charge in [-0.15, -0.1) is 0 Å². The maximum atomic E-state index is 13.1. The molecule has 3 fully saturated rings. The minimum absolute atomic E-state index is 0.0222. The number of rotatable bonds is 5. The van der Waals surface area contributed by atoms with Crippen LogP contribution in [0, 0.1) is 11.8 Å². The van der Waals surface area contributed by atoms with Crippen molar-refractivity contribution in [1.29, 1.82) is 0 Å². The Labute approximate surface area is 222 Å². The van der Waals surface area contributed by atoms with Gasteiger partial charge < -0.3 is 25.0 Å². The van der Waals surface area contributed by atoms with Crippen LogP contribution in [0.5, 0.6) is 0 Å². The first-order valence-electron chi connectivity index (χ1n) is 13.8. The molecule has 6 rings (SSSR count). The first kappa shape index (κ1) is 24.8. The average molecular weight is 517 g/mol. The lowest BCUT2D eigenvalue weighted by atomic mass is 9.88. The number of carbonyl (C=O) groups is 2. The van der Waals surface area contributed by atoms with Crippen molar-refractivity contribution in [3.05, 3.63) is 36.3 Å². The zero-order valence-corrected chi connectivity index (χ0v) is 22.2. The van der Waals surface area contributed by atoms with Crippen LogP contribution in [0.15, 0.2) is 30.6 Å². The van der Waals surface area contributed by atoms with E-state index in [4.69, 9.17) is 4.98 Å². The van der Waals surface area contributed by atoms with Crippen LogP contribution in [0.25, 0.3) is 11.0 Å². The van der Waals surface area contributed by atoms with Gasteiger partial charge in [-0.2, -0.15) is 4.98 Å². The molecule has 1 aliphatic carbocycles. The molecule has 1 saturated carbocycles. The van der Waals surface area contributed by atoms with Crippen molar-refractivity contribution in [3.8, 4) is 0 Å². The highest BCUT2D eigenvalue weighted by molar-refractivity contribution is 5.98. The highest BCUT2D eigenvalue weighted by atomic mass is 16.2. The number of nitrogens with zero attached hydrogens (tertiary/aromatic N) is 6. The molecule has 0 bridgehead atoms. The summed E-state index contributed by atoms with van der Waals surface area (Å²) in [5.41, 5.74) is 2.25. The van der Waals surface area contributed by atoms with Crippen LogP contribution in [0.4, 0.5) is 17.5 Å². The van der Waals surface area contributed by atoms with Crippen molar-refractivity contribution < 1.29 is 9.59 Å². The molecule has 0 spiro atoms. The summed E-state index contributed by atoms with van der Waals surface area (Å²) in [6.07, 6.45) is 11.0. The molecule has 10 heteroatoms. The average Bonchev–Trinajstić information content (AvgIpc) is 3.42. The van der Waals surface area contributed by atoms with Gasteiger partial charge in [-0.25, -0.2) is 9.97 Å². The molecular weight excluding hydrogens is 480 g/mol. The second-order valence-corrected chi connectivity index (χ2v) is 11.1. The predicted octanol–water partition coefficient (Wildman–Crippen LogP) is 3.74. The predicted molar refractivity (Wildman–Crippen MR) is 147 cm³/mol. The molecule has 0 radical (unpaired) electrons. The van der Waals surface area contributed by atoms with Gasteiger partial charge in [-0.05, 0) is 56.0 Å². The second-order valence-electron chi connectivity index (χ2n) is 11.1. The number of aromatic nitrogens is 4.